The maximum atomic E-state index is 12.5. The third-order valence-corrected chi connectivity index (χ3v) is 4.43. The predicted molar refractivity (Wildman–Crippen MR) is 91.3 cm³/mol. The Bertz CT molecular complexity index is 818. The minimum atomic E-state index is -3.79. The molecule has 1 aromatic carbocycles. The largest absolute Gasteiger partial charge is 0.475 e. The minimum absolute atomic E-state index is 0.0473. The first-order chi connectivity index (χ1) is 11.5. The van der Waals surface area contributed by atoms with Crippen LogP contribution in [-0.2, 0) is 10.0 Å². The molecule has 8 heteroatoms. The van der Waals surface area contributed by atoms with Crippen LogP contribution in [0.4, 0.5) is 5.82 Å². The smallest absolute Gasteiger partial charge is 0.263 e. The molecule has 2 N–H and O–H groups in total. The van der Waals surface area contributed by atoms with Crippen molar-refractivity contribution in [1.82, 2.24) is 9.97 Å². The Hall–Kier alpha value is -2.45. The number of ether oxygens (including phenoxy) is 1. The van der Waals surface area contributed by atoms with E-state index < -0.39 is 10.0 Å². The lowest BCUT2D eigenvalue weighted by Gasteiger charge is -2.13. The van der Waals surface area contributed by atoms with Crippen LogP contribution in [-0.4, -0.2) is 36.7 Å². The first kappa shape index (κ1) is 17.9. The Morgan fingerprint density at radius 1 is 1.25 bits per heavy atom. The predicted octanol–water partition coefficient (Wildman–Crippen LogP) is 1.99. The molecular weight excluding hydrogens is 330 g/mol. The van der Waals surface area contributed by atoms with Gasteiger partial charge in [0.1, 0.15) is 12.9 Å². The number of nitrogens with zero attached hydrogens (tertiary/aromatic N) is 2. The lowest BCUT2D eigenvalue weighted by Crippen LogP contribution is -2.16. The summed E-state index contributed by atoms with van der Waals surface area (Å²) < 4.78 is 32.8. The maximum Gasteiger partial charge on any atom is 0.263 e. The van der Waals surface area contributed by atoms with Gasteiger partial charge in [0.25, 0.3) is 10.0 Å². The number of hydrogen-bond acceptors (Lipinski definition) is 6. The van der Waals surface area contributed by atoms with E-state index in [1.807, 2.05) is 6.92 Å². The van der Waals surface area contributed by atoms with E-state index in [-0.39, 0.29) is 29.8 Å². The Morgan fingerprint density at radius 2 is 1.96 bits per heavy atom. The van der Waals surface area contributed by atoms with Crippen molar-refractivity contribution in [2.24, 2.45) is 0 Å². The number of hydrogen-bond donors (Lipinski definition) is 2. The van der Waals surface area contributed by atoms with Crippen LogP contribution < -0.4 is 9.46 Å². The van der Waals surface area contributed by atoms with Crippen LogP contribution in [0.2, 0.25) is 0 Å². The minimum Gasteiger partial charge on any atom is -0.475 e. The Labute approximate surface area is 141 Å². The van der Waals surface area contributed by atoms with Gasteiger partial charge in [-0.2, -0.15) is 0 Å². The molecule has 0 radical (unpaired) electrons. The van der Waals surface area contributed by atoms with Crippen molar-refractivity contribution in [2.75, 3.05) is 17.9 Å². The molecule has 0 saturated carbocycles. The van der Waals surface area contributed by atoms with E-state index in [0.29, 0.717) is 5.56 Å². The highest BCUT2D eigenvalue weighted by Gasteiger charge is 2.18. The Morgan fingerprint density at radius 3 is 2.58 bits per heavy atom. The number of anilines is 1. The highest BCUT2D eigenvalue weighted by Crippen LogP contribution is 2.26. The molecule has 128 valence electrons. The van der Waals surface area contributed by atoms with Crippen LogP contribution in [0.5, 0.6) is 5.88 Å². The van der Waals surface area contributed by atoms with Gasteiger partial charge in [0.15, 0.2) is 5.82 Å². The molecule has 0 amide bonds. The number of nitrogens with one attached hydrogen (secondary N) is 1. The summed E-state index contributed by atoms with van der Waals surface area (Å²) in [6.45, 7) is 3.53. The standard InChI is InChI=1S/C16H19N3O4S/c1-3-4-14-15(17-11-18-16(14)23-10-9-20)19-24(21,22)13-7-5-12(2)6-8-13/h3-8,11,20H,9-10H2,1-2H3,(H,17,18,19)/b4-3+. The average molecular weight is 349 g/mol. The van der Waals surface area contributed by atoms with E-state index >= 15 is 0 Å². The second-order valence-corrected chi connectivity index (χ2v) is 6.61. The molecule has 0 aliphatic carbocycles. The summed E-state index contributed by atoms with van der Waals surface area (Å²) in [6.07, 6.45) is 4.56. The number of rotatable bonds is 7. The highest BCUT2D eigenvalue weighted by atomic mass is 32.2. The van der Waals surface area contributed by atoms with E-state index in [0.717, 1.165) is 5.56 Å². The van der Waals surface area contributed by atoms with Crippen molar-refractivity contribution in [3.05, 3.63) is 47.8 Å². The Balaban J connectivity index is 2.39. The topological polar surface area (TPSA) is 101 Å². The van der Waals surface area contributed by atoms with Gasteiger partial charge >= 0.3 is 0 Å². The second kappa shape index (κ2) is 7.89. The van der Waals surface area contributed by atoms with Crippen LogP contribution in [0.15, 0.2) is 41.6 Å². The molecule has 0 fully saturated rings. The van der Waals surface area contributed by atoms with Crippen molar-refractivity contribution in [2.45, 2.75) is 18.7 Å². The first-order valence-corrected chi connectivity index (χ1v) is 8.77. The Kier molecular flexibility index (Phi) is 5.88. The summed E-state index contributed by atoms with van der Waals surface area (Å²) in [7, 11) is -3.79. The number of sulfonamides is 1. The number of aromatic nitrogens is 2. The quantitative estimate of drug-likeness (QED) is 0.793. The zero-order valence-electron chi connectivity index (χ0n) is 13.4. The van der Waals surface area contributed by atoms with Gasteiger partial charge in [-0.3, -0.25) is 4.72 Å². The van der Waals surface area contributed by atoms with Crippen molar-refractivity contribution in [3.8, 4) is 5.88 Å². The zero-order chi connectivity index (χ0) is 17.6. The molecule has 0 atom stereocenters. The molecule has 2 aromatic rings. The van der Waals surface area contributed by atoms with Gasteiger partial charge in [-0.25, -0.2) is 18.4 Å². The monoisotopic (exact) mass is 349 g/mol. The van der Waals surface area contributed by atoms with Gasteiger partial charge in [-0.05, 0) is 26.0 Å². The van der Waals surface area contributed by atoms with E-state index in [4.69, 9.17) is 9.84 Å². The third kappa shape index (κ3) is 4.30. The van der Waals surface area contributed by atoms with Crippen LogP contribution in [0.25, 0.3) is 6.08 Å². The molecule has 0 spiro atoms. The van der Waals surface area contributed by atoms with Crippen molar-refractivity contribution in [3.63, 3.8) is 0 Å². The molecule has 7 nitrogen and oxygen atoms in total. The van der Waals surface area contributed by atoms with Gasteiger partial charge in [-0.15, -0.1) is 0 Å². The van der Waals surface area contributed by atoms with E-state index in [2.05, 4.69) is 14.7 Å². The van der Waals surface area contributed by atoms with Crippen LogP contribution >= 0.6 is 0 Å². The molecule has 1 heterocycles. The summed E-state index contributed by atoms with van der Waals surface area (Å²) in [5, 5.41) is 8.88. The van der Waals surface area contributed by atoms with Gasteiger partial charge in [-0.1, -0.05) is 29.8 Å². The van der Waals surface area contributed by atoms with Gasteiger partial charge in [0, 0.05) is 0 Å². The van der Waals surface area contributed by atoms with Gasteiger partial charge in [0.2, 0.25) is 5.88 Å². The second-order valence-electron chi connectivity index (χ2n) is 4.93. The van der Waals surface area contributed by atoms with E-state index in [1.165, 1.54) is 18.5 Å². The van der Waals surface area contributed by atoms with E-state index in [9.17, 15) is 8.42 Å². The van der Waals surface area contributed by atoms with Gasteiger partial charge in [0.05, 0.1) is 17.1 Å². The number of aryl methyl sites for hydroxylation is 1. The van der Waals surface area contributed by atoms with Crippen LogP contribution in [0, 0.1) is 6.92 Å². The molecule has 0 aliphatic rings. The number of benzene rings is 1. The van der Waals surface area contributed by atoms with Crippen molar-refractivity contribution in [1.29, 1.82) is 0 Å². The summed E-state index contributed by atoms with van der Waals surface area (Å²) in [5.41, 5.74) is 1.36. The van der Waals surface area contributed by atoms with Crippen molar-refractivity contribution < 1.29 is 18.3 Å². The lowest BCUT2D eigenvalue weighted by atomic mass is 10.2. The zero-order valence-corrected chi connectivity index (χ0v) is 14.2. The van der Waals surface area contributed by atoms with Gasteiger partial charge < -0.3 is 9.84 Å². The number of aliphatic hydroxyl groups excluding tert-OH is 1. The van der Waals surface area contributed by atoms with Crippen LogP contribution in [0.3, 0.4) is 0 Å². The molecule has 0 unspecified atom stereocenters. The summed E-state index contributed by atoms with van der Waals surface area (Å²) in [4.78, 5) is 8.11. The fourth-order valence-corrected chi connectivity index (χ4v) is 2.97. The first-order valence-electron chi connectivity index (χ1n) is 7.28. The lowest BCUT2D eigenvalue weighted by molar-refractivity contribution is 0.196. The van der Waals surface area contributed by atoms with Crippen LogP contribution in [0.1, 0.15) is 18.1 Å². The fraction of sp³-hybridized carbons (Fsp3) is 0.250. The third-order valence-electron chi connectivity index (χ3n) is 3.07. The molecule has 0 bridgehead atoms. The average Bonchev–Trinajstić information content (AvgIpc) is 2.55. The summed E-state index contributed by atoms with van der Waals surface area (Å²) in [6, 6.07) is 6.49. The molecule has 0 saturated heterocycles. The fourth-order valence-electron chi connectivity index (χ4n) is 1.94. The maximum absolute atomic E-state index is 12.5. The molecular formula is C16H19N3O4S. The molecule has 0 aliphatic heterocycles. The summed E-state index contributed by atoms with van der Waals surface area (Å²) in [5.74, 6) is 0.301. The molecule has 2 rings (SSSR count). The normalized spacial score (nSPS) is 11.6. The summed E-state index contributed by atoms with van der Waals surface area (Å²) >= 11 is 0. The van der Waals surface area contributed by atoms with Crippen molar-refractivity contribution >= 4 is 21.9 Å². The number of aliphatic hydroxyl groups is 1. The van der Waals surface area contributed by atoms with E-state index in [1.54, 1.807) is 31.2 Å². The molecule has 24 heavy (non-hydrogen) atoms. The number of allylic oxidation sites excluding steroid dienone is 1. The highest BCUT2D eigenvalue weighted by molar-refractivity contribution is 7.92. The molecule has 1 aromatic heterocycles. The SMILES string of the molecule is C/C=C/c1c(NS(=O)(=O)c2ccc(C)cc2)ncnc1OCCO.